The van der Waals surface area contributed by atoms with Gasteiger partial charge in [-0.15, -0.1) is 0 Å². The van der Waals surface area contributed by atoms with Crippen LogP contribution in [0.5, 0.6) is 0 Å². The average Bonchev–Trinajstić information content (AvgIpc) is 3.60. The predicted octanol–water partition coefficient (Wildman–Crippen LogP) is 4.66. The second-order valence-electron chi connectivity index (χ2n) is 9.92. The first-order chi connectivity index (χ1) is 19.0. The Morgan fingerprint density at radius 3 is 2.13 bits per heavy atom. The van der Waals surface area contributed by atoms with Crippen molar-refractivity contribution < 1.29 is 17.9 Å². The number of sulfone groups is 1. The first-order valence-corrected chi connectivity index (χ1v) is 14.9. The van der Waals surface area contributed by atoms with Crippen molar-refractivity contribution in [2.45, 2.75) is 49.4 Å². The molecule has 5 rings (SSSR count). The fraction of sp³-hybridized carbons (Fsp3) is 0.290. The molecule has 0 unspecified atom stereocenters. The summed E-state index contributed by atoms with van der Waals surface area (Å²) in [5.74, 6) is -0.177. The summed E-state index contributed by atoms with van der Waals surface area (Å²) in [6.07, 6.45) is 3.70. The van der Waals surface area contributed by atoms with Crippen LogP contribution in [-0.2, 0) is 44.6 Å². The highest BCUT2D eigenvalue weighted by molar-refractivity contribution is 7.90. The Bertz CT molecular complexity index is 1470. The molecule has 39 heavy (non-hydrogen) atoms. The highest BCUT2D eigenvalue weighted by Crippen LogP contribution is 2.22. The summed E-state index contributed by atoms with van der Waals surface area (Å²) < 4.78 is 34.8. The predicted molar refractivity (Wildman–Crippen MR) is 150 cm³/mol. The molecule has 0 spiro atoms. The van der Waals surface area contributed by atoms with E-state index in [0.29, 0.717) is 31.0 Å². The van der Waals surface area contributed by atoms with E-state index in [1.54, 1.807) is 27.8 Å². The maximum Gasteiger partial charge on any atom is 0.228 e. The SMILES string of the molecule is O=C(Cc1ccccc1)N(Cc1cnc(S(=O)(=O)Cc2ccccc2)n1Cc1ccccc1)C[C@@H]1CCCO1. The summed E-state index contributed by atoms with van der Waals surface area (Å²) in [5.41, 5.74) is 3.26. The Labute approximate surface area is 230 Å². The second-order valence-corrected chi connectivity index (χ2v) is 11.8. The van der Waals surface area contributed by atoms with E-state index in [4.69, 9.17) is 4.74 Å². The van der Waals surface area contributed by atoms with E-state index < -0.39 is 9.84 Å². The number of hydrogen-bond acceptors (Lipinski definition) is 5. The van der Waals surface area contributed by atoms with Gasteiger partial charge >= 0.3 is 0 Å². The summed E-state index contributed by atoms with van der Waals surface area (Å²) in [6, 6.07) is 28.5. The van der Waals surface area contributed by atoms with Gasteiger partial charge in [-0.25, -0.2) is 13.4 Å². The number of carbonyl (C=O) groups is 1. The van der Waals surface area contributed by atoms with Gasteiger partial charge in [0.05, 0.1) is 43.3 Å². The molecule has 0 radical (unpaired) electrons. The summed E-state index contributed by atoms with van der Waals surface area (Å²) in [6.45, 7) is 1.72. The van der Waals surface area contributed by atoms with Gasteiger partial charge in [-0.2, -0.15) is 0 Å². The largest absolute Gasteiger partial charge is 0.376 e. The zero-order valence-electron chi connectivity index (χ0n) is 21.9. The number of rotatable bonds is 11. The van der Waals surface area contributed by atoms with Crippen molar-refractivity contribution in [3.05, 3.63) is 120 Å². The minimum atomic E-state index is -3.75. The van der Waals surface area contributed by atoms with Crippen LogP contribution in [0, 0.1) is 0 Å². The molecule has 0 saturated carbocycles. The third-order valence-corrected chi connectivity index (χ3v) is 8.51. The van der Waals surface area contributed by atoms with E-state index in [9.17, 15) is 13.2 Å². The summed E-state index contributed by atoms with van der Waals surface area (Å²) >= 11 is 0. The molecule has 1 aliphatic heterocycles. The molecule has 4 aromatic rings. The van der Waals surface area contributed by atoms with Gasteiger partial charge < -0.3 is 14.2 Å². The highest BCUT2D eigenvalue weighted by Gasteiger charge is 2.28. The van der Waals surface area contributed by atoms with Crippen molar-refractivity contribution >= 4 is 15.7 Å². The molecular weight excluding hydrogens is 510 g/mol. The first-order valence-electron chi connectivity index (χ1n) is 13.3. The van der Waals surface area contributed by atoms with E-state index in [2.05, 4.69) is 4.98 Å². The van der Waals surface area contributed by atoms with Crippen LogP contribution >= 0.6 is 0 Å². The smallest absolute Gasteiger partial charge is 0.228 e. The quantitative estimate of drug-likeness (QED) is 0.275. The molecule has 0 N–H and O–H groups in total. The van der Waals surface area contributed by atoms with Crippen LogP contribution in [0.2, 0.25) is 0 Å². The molecule has 1 aromatic heterocycles. The zero-order valence-corrected chi connectivity index (χ0v) is 22.7. The van der Waals surface area contributed by atoms with Crippen LogP contribution in [-0.4, -0.2) is 48.0 Å². The topological polar surface area (TPSA) is 81.5 Å². The van der Waals surface area contributed by atoms with Crippen LogP contribution in [0.3, 0.4) is 0 Å². The number of hydrogen-bond donors (Lipinski definition) is 0. The third kappa shape index (κ3) is 7.02. The maximum absolute atomic E-state index is 13.6. The van der Waals surface area contributed by atoms with E-state index >= 15 is 0 Å². The number of imidazole rings is 1. The lowest BCUT2D eigenvalue weighted by Gasteiger charge is -2.26. The normalized spacial score (nSPS) is 15.3. The second kappa shape index (κ2) is 12.4. The van der Waals surface area contributed by atoms with Crippen molar-refractivity contribution in [3.63, 3.8) is 0 Å². The van der Waals surface area contributed by atoms with Crippen LogP contribution < -0.4 is 0 Å². The fourth-order valence-corrected chi connectivity index (χ4v) is 6.42. The summed E-state index contributed by atoms with van der Waals surface area (Å²) in [4.78, 5) is 19.7. The van der Waals surface area contributed by atoms with E-state index in [1.807, 2.05) is 78.9 Å². The van der Waals surface area contributed by atoms with Crippen LogP contribution in [0.4, 0.5) is 0 Å². The Morgan fingerprint density at radius 1 is 0.897 bits per heavy atom. The Kier molecular flexibility index (Phi) is 8.54. The number of aromatic nitrogens is 2. The van der Waals surface area contributed by atoms with E-state index in [0.717, 1.165) is 24.0 Å². The summed E-state index contributed by atoms with van der Waals surface area (Å²) in [7, 11) is -3.75. The minimum Gasteiger partial charge on any atom is -0.376 e. The van der Waals surface area contributed by atoms with Crippen molar-refractivity contribution in [2.24, 2.45) is 0 Å². The number of amides is 1. The van der Waals surface area contributed by atoms with Gasteiger partial charge in [0.1, 0.15) is 0 Å². The lowest BCUT2D eigenvalue weighted by molar-refractivity contribution is -0.132. The highest BCUT2D eigenvalue weighted by atomic mass is 32.2. The van der Waals surface area contributed by atoms with Crippen LogP contribution in [0.1, 0.15) is 35.2 Å². The number of benzene rings is 3. The monoisotopic (exact) mass is 543 g/mol. The Morgan fingerprint density at radius 2 is 1.51 bits per heavy atom. The van der Waals surface area contributed by atoms with Gasteiger partial charge in [0.2, 0.25) is 20.9 Å². The van der Waals surface area contributed by atoms with E-state index in [-0.39, 0.29) is 35.9 Å². The molecule has 1 fully saturated rings. The van der Waals surface area contributed by atoms with Gasteiger partial charge in [-0.3, -0.25) is 4.79 Å². The van der Waals surface area contributed by atoms with Crippen molar-refractivity contribution in [1.29, 1.82) is 0 Å². The molecular formula is C31H33N3O4S. The molecule has 1 saturated heterocycles. The van der Waals surface area contributed by atoms with Gasteiger partial charge in [0, 0.05) is 13.2 Å². The zero-order chi connectivity index (χ0) is 27.1. The number of nitrogens with zero attached hydrogens (tertiary/aromatic N) is 3. The lowest BCUT2D eigenvalue weighted by atomic mass is 10.1. The van der Waals surface area contributed by atoms with Gasteiger partial charge in [0.25, 0.3) is 0 Å². The fourth-order valence-electron chi connectivity index (χ4n) is 4.93. The van der Waals surface area contributed by atoms with Gasteiger partial charge in [-0.05, 0) is 29.5 Å². The van der Waals surface area contributed by atoms with Gasteiger partial charge in [-0.1, -0.05) is 91.0 Å². The Balaban J connectivity index is 1.47. The Hall–Kier alpha value is -3.75. The number of carbonyl (C=O) groups excluding carboxylic acids is 1. The molecule has 8 heteroatoms. The molecule has 0 aliphatic carbocycles. The van der Waals surface area contributed by atoms with E-state index in [1.165, 1.54) is 0 Å². The lowest BCUT2D eigenvalue weighted by Crippen LogP contribution is -2.38. The molecule has 2 heterocycles. The van der Waals surface area contributed by atoms with Crippen LogP contribution in [0.15, 0.2) is 102 Å². The molecule has 1 amide bonds. The van der Waals surface area contributed by atoms with Crippen molar-refractivity contribution in [1.82, 2.24) is 14.5 Å². The molecule has 1 aliphatic rings. The number of ether oxygens (including phenoxy) is 1. The maximum atomic E-state index is 13.6. The van der Waals surface area contributed by atoms with Crippen molar-refractivity contribution in [3.8, 4) is 0 Å². The van der Waals surface area contributed by atoms with Gasteiger partial charge in [0.15, 0.2) is 0 Å². The molecule has 3 aromatic carbocycles. The summed E-state index contributed by atoms with van der Waals surface area (Å²) in [5, 5.41) is 0.0118. The third-order valence-electron chi connectivity index (χ3n) is 6.91. The molecule has 202 valence electrons. The van der Waals surface area contributed by atoms with Crippen molar-refractivity contribution in [2.75, 3.05) is 13.2 Å². The first kappa shape index (κ1) is 26.8. The molecule has 7 nitrogen and oxygen atoms in total. The molecule has 0 bridgehead atoms. The standard InChI is InChI=1S/C31H33N3O4S/c35-30(19-25-11-4-1-5-12-25)33(23-29-17-10-18-38-29)22-28-20-32-31(34(28)21-26-13-6-2-7-14-26)39(36,37)24-27-15-8-3-9-16-27/h1-9,11-16,20,29H,10,17-19,21-24H2/t29-/m0/s1. The average molecular weight is 544 g/mol. The minimum absolute atomic E-state index is 0.0118. The van der Waals surface area contributed by atoms with Crippen LogP contribution in [0.25, 0.3) is 0 Å². The molecule has 1 atom stereocenters.